The van der Waals surface area contributed by atoms with E-state index in [2.05, 4.69) is 35.8 Å². The van der Waals surface area contributed by atoms with E-state index in [0.717, 1.165) is 6.42 Å². The Morgan fingerprint density at radius 1 is 1.31 bits per heavy atom. The fraction of sp³-hybridized carbons (Fsp3) is 0.692. The molecule has 0 amide bonds. The average molecular weight is 324 g/mol. The smallest absolute Gasteiger partial charge is 0.0690 e. The van der Waals surface area contributed by atoms with Crippen molar-refractivity contribution in [2.75, 3.05) is 0 Å². The second kappa shape index (κ2) is 7.73. The zero-order chi connectivity index (χ0) is 12.0. The molecule has 0 spiro atoms. The Kier molecular flexibility index (Phi) is 7.02. The maximum atomic E-state index is 6.42. The van der Waals surface area contributed by atoms with Gasteiger partial charge in [0.1, 0.15) is 0 Å². The number of unbranched alkanes of at least 4 members (excludes halogenated alkanes) is 4. The van der Waals surface area contributed by atoms with E-state index in [0.29, 0.717) is 0 Å². The van der Waals surface area contributed by atoms with Crippen LogP contribution in [0.3, 0.4) is 0 Å². The van der Waals surface area contributed by atoms with Crippen LogP contribution >= 0.6 is 38.9 Å². The zero-order valence-electron chi connectivity index (χ0n) is 10.1. The Hall–Kier alpha value is 0.470. The summed E-state index contributed by atoms with van der Waals surface area (Å²) < 4.78 is 1.18. The van der Waals surface area contributed by atoms with Crippen molar-refractivity contribution in [3.63, 3.8) is 0 Å². The first kappa shape index (κ1) is 14.5. The fourth-order valence-corrected chi connectivity index (χ4v) is 4.25. The van der Waals surface area contributed by atoms with Crippen LogP contribution in [-0.4, -0.2) is 0 Å². The minimum Gasteiger partial charge on any atom is -0.143 e. The topological polar surface area (TPSA) is 0 Å². The summed E-state index contributed by atoms with van der Waals surface area (Å²) in [4.78, 5) is 2.63. The van der Waals surface area contributed by atoms with Gasteiger partial charge in [-0.3, -0.25) is 0 Å². The van der Waals surface area contributed by atoms with E-state index in [1.54, 1.807) is 0 Å². The summed E-state index contributed by atoms with van der Waals surface area (Å²) in [6.45, 7) is 4.37. The lowest BCUT2D eigenvalue weighted by Crippen LogP contribution is -1.88. The maximum Gasteiger partial charge on any atom is 0.0690 e. The van der Waals surface area contributed by atoms with E-state index in [-0.39, 0.29) is 5.38 Å². The molecule has 1 aromatic rings. The van der Waals surface area contributed by atoms with Crippen LogP contribution in [0.5, 0.6) is 0 Å². The van der Waals surface area contributed by atoms with Crippen molar-refractivity contribution in [1.29, 1.82) is 0 Å². The first-order chi connectivity index (χ1) is 7.65. The van der Waals surface area contributed by atoms with Crippen molar-refractivity contribution < 1.29 is 0 Å². The molecule has 0 nitrogen and oxygen atoms in total. The average Bonchev–Trinajstić information content (AvgIpc) is 2.57. The number of hydrogen-bond donors (Lipinski definition) is 0. The van der Waals surface area contributed by atoms with Gasteiger partial charge < -0.3 is 0 Å². The molecule has 0 saturated carbocycles. The van der Waals surface area contributed by atoms with Gasteiger partial charge in [0, 0.05) is 14.2 Å². The van der Waals surface area contributed by atoms with Crippen molar-refractivity contribution in [3.05, 3.63) is 20.3 Å². The molecule has 1 unspecified atom stereocenters. The molecule has 1 heterocycles. The lowest BCUT2D eigenvalue weighted by Gasteiger charge is -2.07. The molecule has 1 atom stereocenters. The number of thiophene rings is 1. The molecule has 0 aromatic carbocycles. The molecule has 0 N–H and O–H groups in total. The summed E-state index contributed by atoms with van der Waals surface area (Å²) in [6.07, 6.45) is 7.68. The van der Waals surface area contributed by atoms with Crippen molar-refractivity contribution in [2.24, 2.45) is 0 Å². The molecule has 1 aromatic heterocycles. The minimum absolute atomic E-state index is 0.190. The predicted octanol–water partition coefficient (Wildman–Crippen LogP) is 6.46. The van der Waals surface area contributed by atoms with Crippen LogP contribution in [0.25, 0.3) is 0 Å². The molecule has 0 aliphatic carbocycles. The molecular weight excluding hydrogens is 304 g/mol. The first-order valence-electron chi connectivity index (χ1n) is 6.05. The Labute approximate surface area is 117 Å². The van der Waals surface area contributed by atoms with Crippen LogP contribution in [-0.2, 0) is 0 Å². The van der Waals surface area contributed by atoms with E-state index in [4.69, 9.17) is 11.6 Å². The Morgan fingerprint density at radius 2 is 2.00 bits per heavy atom. The van der Waals surface area contributed by atoms with Gasteiger partial charge in [-0.15, -0.1) is 22.9 Å². The van der Waals surface area contributed by atoms with Gasteiger partial charge in [0.15, 0.2) is 0 Å². The van der Waals surface area contributed by atoms with Crippen LogP contribution in [0.15, 0.2) is 10.5 Å². The summed E-state index contributed by atoms with van der Waals surface area (Å²) in [5.74, 6) is 0. The third-order valence-electron chi connectivity index (χ3n) is 2.68. The summed E-state index contributed by atoms with van der Waals surface area (Å²) >= 11 is 11.8. The van der Waals surface area contributed by atoms with Gasteiger partial charge in [0.2, 0.25) is 0 Å². The maximum absolute atomic E-state index is 6.42. The zero-order valence-corrected chi connectivity index (χ0v) is 13.2. The number of aryl methyl sites for hydroxylation is 1. The van der Waals surface area contributed by atoms with E-state index >= 15 is 0 Å². The van der Waals surface area contributed by atoms with Gasteiger partial charge in [-0.05, 0) is 35.3 Å². The van der Waals surface area contributed by atoms with Crippen LogP contribution in [0.2, 0.25) is 0 Å². The van der Waals surface area contributed by atoms with Crippen LogP contribution in [0, 0.1) is 6.92 Å². The number of alkyl halides is 1. The molecule has 0 saturated heterocycles. The van der Waals surface area contributed by atoms with Gasteiger partial charge >= 0.3 is 0 Å². The third kappa shape index (κ3) is 4.77. The molecule has 0 radical (unpaired) electrons. The number of hydrogen-bond acceptors (Lipinski definition) is 1. The lowest BCUT2D eigenvalue weighted by atomic mass is 10.1. The van der Waals surface area contributed by atoms with Crippen LogP contribution in [0.1, 0.15) is 60.6 Å². The fourth-order valence-electron chi connectivity index (χ4n) is 1.77. The molecule has 92 valence electrons. The quantitative estimate of drug-likeness (QED) is 0.399. The Bertz CT molecular complexity index is 309. The van der Waals surface area contributed by atoms with Crippen molar-refractivity contribution in [1.82, 2.24) is 0 Å². The van der Waals surface area contributed by atoms with Crippen molar-refractivity contribution in [3.8, 4) is 0 Å². The highest BCUT2D eigenvalue weighted by Crippen LogP contribution is 2.38. The van der Waals surface area contributed by atoms with Gasteiger partial charge in [-0.25, -0.2) is 0 Å². The predicted molar refractivity (Wildman–Crippen MR) is 78.7 cm³/mol. The summed E-state index contributed by atoms with van der Waals surface area (Å²) in [5.41, 5.74) is 0. The largest absolute Gasteiger partial charge is 0.143 e. The standard InChI is InChI=1S/C13H20BrClS/c1-3-4-5-6-7-8-12(15)13-11(14)9-10(2)16-13/h9,12H,3-8H2,1-2H3. The highest BCUT2D eigenvalue weighted by Gasteiger charge is 2.13. The minimum atomic E-state index is 0.190. The van der Waals surface area contributed by atoms with E-state index in [1.807, 2.05) is 11.3 Å². The molecule has 0 fully saturated rings. The van der Waals surface area contributed by atoms with Gasteiger partial charge in [0.25, 0.3) is 0 Å². The molecular formula is C13H20BrClS. The highest BCUT2D eigenvalue weighted by atomic mass is 79.9. The molecule has 0 bridgehead atoms. The van der Waals surface area contributed by atoms with E-state index in [1.165, 1.54) is 46.3 Å². The molecule has 0 aliphatic heterocycles. The monoisotopic (exact) mass is 322 g/mol. The lowest BCUT2D eigenvalue weighted by molar-refractivity contribution is 0.603. The number of halogens is 2. The molecule has 0 aliphatic rings. The van der Waals surface area contributed by atoms with Crippen molar-refractivity contribution >= 4 is 38.9 Å². The summed E-state index contributed by atoms with van der Waals surface area (Å²) in [5, 5.41) is 0.190. The Balaban J connectivity index is 2.29. The molecule has 3 heteroatoms. The highest BCUT2D eigenvalue weighted by molar-refractivity contribution is 9.10. The van der Waals surface area contributed by atoms with Crippen LogP contribution in [0.4, 0.5) is 0 Å². The van der Waals surface area contributed by atoms with Crippen LogP contribution < -0.4 is 0 Å². The second-order valence-corrected chi connectivity index (χ2v) is 6.91. The number of rotatable bonds is 7. The third-order valence-corrected chi connectivity index (χ3v) is 5.33. The molecule has 1 rings (SSSR count). The summed E-state index contributed by atoms with van der Waals surface area (Å²) in [7, 11) is 0. The van der Waals surface area contributed by atoms with Gasteiger partial charge in [-0.1, -0.05) is 39.0 Å². The normalized spacial score (nSPS) is 13.0. The van der Waals surface area contributed by atoms with Gasteiger partial charge in [0.05, 0.1) is 5.38 Å². The van der Waals surface area contributed by atoms with E-state index < -0.39 is 0 Å². The van der Waals surface area contributed by atoms with E-state index in [9.17, 15) is 0 Å². The van der Waals surface area contributed by atoms with Gasteiger partial charge in [-0.2, -0.15) is 0 Å². The molecule has 16 heavy (non-hydrogen) atoms. The summed E-state index contributed by atoms with van der Waals surface area (Å²) in [6, 6.07) is 2.16. The second-order valence-electron chi connectivity index (χ2n) is 4.24. The SMILES string of the molecule is CCCCCCCC(Cl)c1sc(C)cc1Br. The van der Waals surface area contributed by atoms with Crippen molar-refractivity contribution in [2.45, 2.75) is 57.7 Å². The Morgan fingerprint density at radius 3 is 2.56 bits per heavy atom. The first-order valence-corrected chi connectivity index (χ1v) is 8.09.